The van der Waals surface area contributed by atoms with Gasteiger partial charge in [-0.3, -0.25) is 0 Å². The summed E-state index contributed by atoms with van der Waals surface area (Å²) < 4.78 is 251. The second-order valence-electron chi connectivity index (χ2n) is 7.05. The van der Waals surface area contributed by atoms with Gasteiger partial charge in [0.15, 0.2) is 9.84 Å². The first-order valence-electron chi connectivity index (χ1n) is 8.83. The van der Waals surface area contributed by atoms with E-state index in [2.05, 4.69) is 11.3 Å². The second kappa shape index (κ2) is 10.5. The largest absolute Gasteiger partial charge is 0.461 e. The molecule has 0 aromatic rings. The molecule has 0 atom stereocenters. The zero-order valence-electron chi connectivity index (χ0n) is 17.6. The van der Waals surface area contributed by atoms with Crippen LogP contribution in [-0.4, -0.2) is 86.8 Å². The summed E-state index contributed by atoms with van der Waals surface area (Å²) >= 11 is 0. The summed E-state index contributed by atoms with van der Waals surface area (Å²) in [7, 11) is -5.83. The number of ether oxygens (including phenoxy) is 1. The minimum atomic E-state index is -8.80. The summed E-state index contributed by atoms with van der Waals surface area (Å²) in [6.45, 7) is 1.39. The van der Waals surface area contributed by atoms with Gasteiger partial charge >= 0.3 is 53.6 Å². The molecule has 0 bridgehead atoms. The predicted octanol–water partition coefficient (Wildman–Crippen LogP) is 4.69. The molecule has 0 aliphatic carbocycles. The van der Waals surface area contributed by atoms with Gasteiger partial charge in [0, 0.05) is 12.6 Å². The van der Waals surface area contributed by atoms with E-state index in [0.717, 1.165) is 0 Å². The van der Waals surface area contributed by atoms with Gasteiger partial charge in [0.05, 0.1) is 5.88 Å². The van der Waals surface area contributed by atoms with E-state index in [-0.39, 0.29) is 0 Å². The van der Waals surface area contributed by atoms with Crippen LogP contribution in [0.5, 0.6) is 0 Å². The molecule has 0 saturated heterocycles. The van der Waals surface area contributed by atoms with Gasteiger partial charge in [0.2, 0.25) is 0 Å². The first-order valence-corrected chi connectivity index (χ1v) is 10.6. The number of alkyl halides is 17. The maximum absolute atomic E-state index is 13.7. The van der Waals surface area contributed by atoms with Gasteiger partial charge in [-0.05, 0) is 0 Å². The lowest BCUT2D eigenvalue weighted by atomic mass is 9.89. The predicted molar refractivity (Wildman–Crippen MR) is 88.5 cm³/mol. The molecule has 0 spiro atoms. The first-order chi connectivity index (χ1) is 16.4. The molecule has 0 aromatic heterocycles. The Hall–Kier alpha value is -2.07. The van der Waals surface area contributed by atoms with E-state index in [1.54, 1.807) is 5.32 Å². The van der Waals surface area contributed by atoms with Gasteiger partial charge in [-0.25, -0.2) is 13.2 Å². The number of hydrogen-bond donors (Lipinski definition) is 1. The number of carbonyl (C=O) groups is 1. The Balaban J connectivity index is 6.19. The lowest BCUT2D eigenvalue weighted by Crippen LogP contribution is -2.74. The van der Waals surface area contributed by atoms with Crippen molar-refractivity contribution >= 4 is 15.8 Å². The van der Waals surface area contributed by atoms with Crippen LogP contribution in [0.1, 0.15) is 0 Å². The van der Waals surface area contributed by atoms with Crippen LogP contribution < -0.4 is 5.32 Å². The van der Waals surface area contributed by atoms with E-state index >= 15 is 0 Å². The summed E-state index contributed by atoms with van der Waals surface area (Å²) in [5, 5.41) is 1.60. The summed E-state index contributed by atoms with van der Waals surface area (Å²) in [5.74, 6) is -64.9. The Morgan fingerprint density at radius 1 is 0.684 bits per heavy atom. The molecule has 0 amide bonds. The third-order valence-corrected chi connectivity index (χ3v) is 5.65. The van der Waals surface area contributed by atoms with E-state index in [9.17, 15) is 87.8 Å². The maximum atomic E-state index is 13.7. The molecule has 0 aromatic carbocycles. The molecule has 226 valence electrons. The van der Waals surface area contributed by atoms with E-state index in [1.807, 2.05) is 0 Å². The Kier molecular flexibility index (Phi) is 9.91. The average Bonchev–Trinajstić information content (AvgIpc) is 2.70. The fraction of sp³-hybridized carbons (Fsp3) is 0.800. The Bertz CT molecular complexity index is 974. The van der Waals surface area contributed by atoms with Crippen LogP contribution in [0.4, 0.5) is 74.6 Å². The van der Waals surface area contributed by atoms with Crippen LogP contribution >= 0.6 is 0 Å². The monoisotopic (exact) mass is 625 g/mol. The minimum absolute atomic E-state index is 0.582. The standard InChI is InChI=1S/C15H12F17NO4S/c1-2-7(34)37-4-3-33-6-38(35,36)5-8(16,17)9(18,19)10(20,21)11(22,23)12(24,25)13(26,27)14(28,29)15(30,31)32/h2,33H,1,3-6H2. The van der Waals surface area contributed by atoms with Crippen LogP contribution in [0.2, 0.25) is 0 Å². The summed E-state index contributed by atoms with van der Waals surface area (Å²) in [5.41, 5.74) is 0. The number of esters is 1. The van der Waals surface area contributed by atoms with Gasteiger partial charge in [-0.2, -0.15) is 74.6 Å². The van der Waals surface area contributed by atoms with Crippen molar-refractivity contribution in [2.45, 2.75) is 47.6 Å². The van der Waals surface area contributed by atoms with Crippen LogP contribution in [0.15, 0.2) is 12.7 Å². The van der Waals surface area contributed by atoms with Crippen molar-refractivity contribution in [2.75, 3.05) is 24.8 Å². The summed E-state index contributed by atoms with van der Waals surface area (Å²) in [4.78, 5) is 10.7. The molecule has 0 aliphatic heterocycles. The van der Waals surface area contributed by atoms with Crippen LogP contribution in [0.3, 0.4) is 0 Å². The fourth-order valence-corrected chi connectivity index (χ4v) is 3.42. The summed E-state index contributed by atoms with van der Waals surface area (Å²) in [6.07, 6.45) is -7.29. The third kappa shape index (κ3) is 6.06. The number of carbonyl (C=O) groups excluding carboxylic acids is 1. The molecule has 23 heteroatoms. The molecule has 38 heavy (non-hydrogen) atoms. The van der Waals surface area contributed by atoms with E-state index in [0.29, 0.717) is 6.08 Å². The van der Waals surface area contributed by atoms with Crippen molar-refractivity contribution in [2.24, 2.45) is 0 Å². The molecule has 0 radical (unpaired) electrons. The molecular formula is C15H12F17NO4S. The van der Waals surface area contributed by atoms with Gasteiger partial charge in [0.25, 0.3) is 0 Å². The van der Waals surface area contributed by atoms with Crippen molar-refractivity contribution in [3.8, 4) is 0 Å². The molecular weight excluding hydrogens is 613 g/mol. The number of rotatable bonds is 14. The Morgan fingerprint density at radius 2 is 1.05 bits per heavy atom. The van der Waals surface area contributed by atoms with Gasteiger partial charge < -0.3 is 10.1 Å². The third-order valence-electron chi connectivity index (χ3n) is 4.20. The second-order valence-corrected chi connectivity index (χ2v) is 9.12. The first kappa shape index (κ1) is 35.9. The maximum Gasteiger partial charge on any atom is 0.460 e. The topological polar surface area (TPSA) is 72.5 Å². The number of sulfone groups is 1. The fourth-order valence-electron chi connectivity index (χ4n) is 2.12. The molecule has 0 unspecified atom stereocenters. The highest BCUT2D eigenvalue weighted by molar-refractivity contribution is 7.91. The molecule has 0 rings (SSSR count). The molecule has 0 heterocycles. The van der Waals surface area contributed by atoms with Crippen LogP contribution in [0.25, 0.3) is 0 Å². The SMILES string of the molecule is C=CC(=O)OCCNCS(=O)(=O)CC(F)(F)C(F)(F)C(F)(F)C(F)(F)C(F)(F)C(F)(F)C(F)(F)C(F)(F)F. The van der Waals surface area contributed by atoms with Crippen molar-refractivity contribution in [3.05, 3.63) is 12.7 Å². The van der Waals surface area contributed by atoms with Gasteiger partial charge in [0.1, 0.15) is 12.4 Å². The lowest BCUT2D eigenvalue weighted by molar-refractivity contribution is -0.460. The van der Waals surface area contributed by atoms with E-state index in [1.165, 1.54) is 0 Å². The molecule has 0 saturated carbocycles. The molecule has 0 aliphatic rings. The van der Waals surface area contributed by atoms with Crippen LogP contribution in [-0.2, 0) is 19.4 Å². The molecule has 5 nitrogen and oxygen atoms in total. The number of nitrogens with one attached hydrogen (secondary N) is 1. The van der Waals surface area contributed by atoms with Crippen molar-refractivity contribution in [3.63, 3.8) is 0 Å². The average molecular weight is 625 g/mol. The van der Waals surface area contributed by atoms with Crippen molar-refractivity contribution in [1.82, 2.24) is 5.32 Å². The van der Waals surface area contributed by atoms with E-state index < -0.39 is 88.2 Å². The number of halogens is 17. The highest BCUT2D eigenvalue weighted by Gasteiger charge is 2.95. The smallest absolute Gasteiger partial charge is 0.460 e. The highest BCUT2D eigenvalue weighted by atomic mass is 32.2. The number of hydrogen-bond acceptors (Lipinski definition) is 5. The van der Waals surface area contributed by atoms with Crippen molar-refractivity contribution < 1.29 is 92.6 Å². The summed E-state index contributed by atoms with van der Waals surface area (Å²) in [6, 6.07) is 0. The highest BCUT2D eigenvalue weighted by Crippen LogP contribution is 2.63. The normalized spacial score (nSPS) is 15.4. The van der Waals surface area contributed by atoms with Crippen molar-refractivity contribution in [1.29, 1.82) is 0 Å². The van der Waals surface area contributed by atoms with E-state index in [4.69, 9.17) is 0 Å². The van der Waals surface area contributed by atoms with Crippen LogP contribution in [0, 0.1) is 0 Å². The van der Waals surface area contributed by atoms with Gasteiger partial charge in [-0.15, -0.1) is 0 Å². The quantitative estimate of drug-likeness (QED) is 0.131. The Morgan fingerprint density at radius 3 is 1.42 bits per heavy atom. The van der Waals surface area contributed by atoms with Gasteiger partial charge in [-0.1, -0.05) is 6.58 Å². The molecule has 0 fully saturated rings. The zero-order chi connectivity index (χ0) is 31.0. The lowest BCUT2D eigenvalue weighted by Gasteiger charge is -2.42. The molecule has 1 N–H and O–H groups in total. The minimum Gasteiger partial charge on any atom is -0.461 e. The zero-order valence-corrected chi connectivity index (χ0v) is 18.4. The Labute approximate surface area is 199 Å².